The third-order valence-corrected chi connectivity index (χ3v) is 2.69. The van der Waals surface area contributed by atoms with Crippen LogP contribution in [0.25, 0.3) is 0 Å². The summed E-state index contributed by atoms with van der Waals surface area (Å²) in [4.78, 5) is 19.4. The quantitative estimate of drug-likeness (QED) is 0.512. The van der Waals surface area contributed by atoms with Crippen molar-refractivity contribution in [3.63, 3.8) is 0 Å². The second kappa shape index (κ2) is 5.28. The molecule has 0 spiro atoms. The van der Waals surface area contributed by atoms with E-state index in [2.05, 4.69) is 0 Å². The third-order valence-electron chi connectivity index (χ3n) is 2.13. The molecule has 1 aliphatic heterocycles. The van der Waals surface area contributed by atoms with Crippen LogP contribution in [0.1, 0.15) is 6.42 Å². The number of hydrogen-bond acceptors (Lipinski definition) is 3. The number of ether oxygens (including phenoxy) is 1. The molecule has 1 heterocycles. The maximum Gasteiger partial charge on any atom is 0.348 e. The molecule has 2 unspecified atom stereocenters. The van der Waals surface area contributed by atoms with Crippen molar-refractivity contribution in [2.45, 2.75) is 18.5 Å². The minimum Gasteiger partial charge on any atom is -0.379 e. The topological polar surface area (TPSA) is 70.0 Å². The Balaban J connectivity index is 2.55. The van der Waals surface area contributed by atoms with Crippen molar-refractivity contribution < 1.29 is 19.1 Å². The highest BCUT2D eigenvalue weighted by molar-refractivity contribution is 7.55. The SMILES string of the molecule is [B]C1CN(C)CCC(/C=C/P(=O)(O)O)O1. The summed E-state index contributed by atoms with van der Waals surface area (Å²) in [5, 5.41) is 0. The van der Waals surface area contributed by atoms with Crippen LogP contribution in [0, 0.1) is 0 Å². The van der Waals surface area contributed by atoms with Crippen LogP contribution in [0.4, 0.5) is 0 Å². The number of rotatable bonds is 2. The third kappa shape index (κ3) is 5.49. The lowest BCUT2D eigenvalue weighted by Gasteiger charge is -2.16. The van der Waals surface area contributed by atoms with Crippen LogP contribution in [0.2, 0.25) is 0 Å². The van der Waals surface area contributed by atoms with Gasteiger partial charge in [0.25, 0.3) is 0 Å². The highest BCUT2D eigenvalue weighted by atomic mass is 31.2. The zero-order valence-corrected chi connectivity index (χ0v) is 9.51. The van der Waals surface area contributed by atoms with E-state index >= 15 is 0 Å². The maximum atomic E-state index is 10.6. The smallest absolute Gasteiger partial charge is 0.348 e. The lowest BCUT2D eigenvalue weighted by atomic mass is 10.00. The number of nitrogens with zero attached hydrogens (tertiary/aromatic N) is 1. The molecule has 1 rings (SSSR count). The fourth-order valence-corrected chi connectivity index (χ4v) is 1.85. The second-order valence-electron chi connectivity index (χ2n) is 3.69. The van der Waals surface area contributed by atoms with Gasteiger partial charge in [0.1, 0.15) is 7.85 Å². The van der Waals surface area contributed by atoms with Crippen molar-refractivity contribution in [3.05, 3.63) is 11.9 Å². The molecular weight excluding hydrogens is 216 g/mol. The van der Waals surface area contributed by atoms with Gasteiger partial charge in [0.05, 0.1) is 6.10 Å². The maximum absolute atomic E-state index is 10.6. The van der Waals surface area contributed by atoms with Gasteiger partial charge in [0.15, 0.2) is 0 Å². The average Bonchev–Trinajstić information content (AvgIpc) is 2.22. The van der Waals surface area contributed by atoms with E-state index in [0.717, 1.165) is 12.4 Å². The number of hydrogen-bond donors (Lipinski definition) is 2. The van der Waals surface area contributed by atoms with Crippen molar-refractivity contribution in [3.8, 4) is 0 Å². The molecule has 1 fully saturated rings. The summed E-state index contributed by atoms with van der Waals surface area (Å²) in [6.45, 7) is 1.42. The summed E-state index contributed by atoms with van der Waals surface area (Å²) in [6.07, 6.45) is 1.75. The van der Waals surface area contributed by atoms with Crippen molar-refractivity contribution in [2.75, 3.05) is 20.1 Å². The molecule has 0 aromatic carbocycles. The first-order chi connectivity index (χ1) is 6.87. The van der Waals surface area contributed by atoms with E-state index in [1.165, 1.54) is 6.08 Å². The largest absolute Gasteiger partial charge is 0.379 e. The molecule has 1 saturated heterocycles. The summed E-state index contributed by atoms with van der Waals surface area (Å²) in [6, 6.07) is -0.413. The molecule has 0 bridgehead atoms. The molecule has 0 aliphatic carbocycles. The van der Waals surface area contributed by atoms with Crippen LogP contribution in [-0.4, -0.2) is 54.8 Å². The first-order valence-electron chi connectivity index (χ1n) is 4.71. The molecule has 0 aromatic rings. The summed E-state index contributed by atoms with van der Waals surface area (Å²) in [7, 11) is 3.50. The Kier molecular flexibility index (Phi) is 4.55. The van der Waals surface area contributed by atoms with Crippen LogP contribution < -0.4 is 0 Å². The zero-order chi connectivity index (χ0) is 11.5. The van der Waals surface area contributed by atoms with E-state index in [-0.39, 0.29) is 6.10 Å². The fourth-order valence-electron chi connectivity index (χ4n) is 1.43. The van der Waals surface area contributed by atoms with Gasteiger partial charge in [0.2, 0.25) is 0 Å². The van der Waals surface area contributed by atoms with Gasteiger partial charge < -0.3 is 19.4 Å². The fraction of sp³-hybridized carbons (Fsp3) is 0.750. The number of likely N-dealkylation sites (N-methyl/N-ethyl adjacent to an activating group) is 1. The highest BCUT2D eigenvalue weighted by Gasteiger charge is 2.18. The molecule has 0 amide bonds. The van der Waals surface area contributed by atoms with E-state index in [4.69, 9.17) is 22.4 Å². The van der Waals surface area contributed by atoms with Crippen LogP contribution in [0.3, 0.4) is 0 Å². The summed E-state index contributed by atoms with van der Waals surface area (Å²) < 4.78 is 16.0. The summed E-state index contributed by atoms with van der Waals surface area (Å²) in [5.41, 5.74) is 0. The Morgan fingerprint density at radius 1 is 1.60 bits per heavy atom. The van der Waals surface area contributed by atoms with Crippen LogP contribution >= 0.6 is 7.60 Å². The Bertz CT molecular complexity index is 280. The normalized spacial score (nSPS) is 30.6. The molecule has 84 valence electrons. The minimum atomic E-state index is -4.10. The van der Waals surface area contributed by atoms with Gasteiger partial charge in [-0.05, 0) is 19.5 Å². The molecule has 2 radical (unpaired) electrons. The molecule has 15 heavy (non-hydrogen) atoms. The molecule has 2 atom stereocenters. The van der Waals surface area contributed by atoms with Crippen molar-refractivity contribution in [2.24, 2.45) is 0 Å². The van der Waals surface area contributed by atoms with E-state index < -0.39 is 13.6 Å². The molecule has 2 N–H and O–H groups in total. The van der Waals surface area contributed by atoms with Crippen LogP contribution in [0.15, 0.2) is 11.9 Å². The van der Waals surface area contributed by atoms with Gasteiger partial charge in [-0.25, -0.2) is 0 Å². The van der Waals surface area contributed by atoms with Gasteiger partial charge in [-0.15, -0.1) is 0 Å². The van der Waals surface area contributed by atoms with Gasteiger partial charge in [-0.3, -0.25) is 4.57 Å². The Morgan fingerprint density at radius 2 is 2.27 bits per heavy atom. The Morgan fingerprint density at radius 3 is 2.87 bits per heavy atom. The lowest BCUT2D eigenvalue weighted by molar-refractivity contribution is 0.0676. The van der Waals surface area contributed by atoms with Crippen molar-refractivity contribution in [1.29, 1.82) is 0 Å². The van der Waals surface area contributed by atoms with Crippen LogP contribution in [0.5, 0.6) is 0 Å². The Labute approximate surface area is 90.7 Å². The predicted octanol–water partition coefficient (Wildman–Crippen LogP) is -0.107. The average molecular weight is 231 g/mol. The van der Waals surface area contributed by atoms with Crippen molar-refractivity contribution in [1.82, 2.24) is 4.90 Å². The van der Waals surface area contributed by atoms with Gasteiger partial charge in [-0.2, -0.15) is 0 Å². The van der Waals surface area contributed by atoms with Gasteiger partial charge >= 0.3 is 7.60 Å². The van der Waals surface area contributed by atoms with Crippen LogP contribution in [-0.2, 0) is 9.30 Å². The molecule has 0 saturated carbocycles. The summed E-state index contributed by atoms with van der Waals surface area (Å²) in [5.74, 6) is 0.871. The standard InChI is InChI=1S/C8H15BNO4P/c1-10-4-2-7(14-8(9)6-10)3-5-15(11,12)13/h3,5,7-8H,2,4,6H2,1H3,(H2,11,12,13)/b5-3+. The van der Waals surface area contributed by atoms with Gasteiger partial charge in [0, 0.05) is 24.9 Å². The molecule has 0 aromatic heterocycles. The van der Waals surface area contributed by atoms with E-state index in [1.807, 2.05) is 11.9 Å². The predicted molar refractivity (Wildman–Crippen MR) is 57.7 cm³/mol. The first-order valence-corrected chi connectivity index (χ1v) is 6.39. The molecule has 1 aliphatic rings. The minimum absolute atomic E-state index is 0.322. The van der Waals surface area contributed by atoms with Crippen molar-refractivity contribution >= 4 is 15.4 Å². The zero-order valence-electron chi connectivity index (χ0n) is 8.61. The van der Waals surface area contributed by atoms with E-state index in [0.29, 0.717) is 13.0 Å². The lowest BCUT2D eigenvalue weighted by Crippen LogP contribution is -2.28. The first kappa shape index (κ1) is 12.9. The van der Waals surface area contributed by atoms with E-state index in [9.17, 15) is 4.57 Å². The molecular formula is C8H15BNO4P. The molecule has 7 heteroatoms. The highest BCUT2D eigenvalue weighted by Crippen LogP contribution is 2.36. The Hall–Kier alpha value is -0.125. The second-order valence-corrected chi connectivity index (χ2v) is 5.17. The molecule has 5 nitrogen and oxygen atoms in total. The van der Waals surface area contributed by atoms with E-state index in [1.54, 1.807) is 0 Å². The van der Waals surface area contributed by atoms with Gasteiger partial charge in [-0.1, -0.05) is 0 Å². The monoisotopic (exact) mass is 231 g/mol. The summed E-state index contributed by atoms with van der Waals surface area (Å²) >= 11 is 0.